The van der Waals surface area contributed by atoms with Crippen LogP contribution in [0.4, 0.5) is 0 Å². The molecular weight excluding hydrogens is 362 g/mol. The molecule has 0 aliphatic heterocycles. The van der Waals surface area contributed by atoms with Crippen LogP contribution in [0.1, 0.15) is 17.5 Å². The van der Waals surface area contributed by atoms with E-state index in [0.29, 0.717) is 3.71 Å². The van der Waals surface area contributed by atoms with Crippen LogP contribution in [0, 0.1) is 13.8 Å². The number of benzene rings is 2. The number of aryl methyl sites for hydroxylation is 2. The second-order valence-corrected chi connectivity index (χ2v) is 9.67. The van der Waals surface area contributed by atoms with Gasteiger partial charge >= 0.3 is 0 Å². The maximum absolute atomic E-state index is 12.9. The highest BCUT2D eigenvalue weighted by Crippen LogP contribution is 2.25. The third-order valence-electron chi connectivity index (χ3n) is 3.67. The number of aliphatic hydroxyl groups excluding tert-OH is 1. The molecule has 8 heteroatoms. The van der Waals surface area contributed by atoms with Gasteiger partial charge in [-0.3, -0.25) is 0 Å². The Balaban J connectivity index is 2.54. The molecule has 0 saturated heterocycles. The fourth-order valence-corrected chi connectivity index (χ4v) is 5.94. The molecule has 6 nitrogen and oxygen atoms in total. The predicted molar refractivity (Wildman–Crippen MR) is 95.1 cm³/mol. The number of rotatable bonds is 7. The number of nitrogens with zero attached hydrogens (tertiary/aromatic N) is 1. The van der Waals surface area contributed by atoms with Crippen LogP contribution >= 0.6 is 0 Å². The Morgan fingerprint density at radius 3 is 1.44 bits per heavy atom. The molecule has 0 amide bonds. The van der Waals surface area contributed by atoms with Crippen LogP contribution in [0.15, 0.2) is 58.3 Å². The molecule has 0 bridgehead atoms. The minimum atomic E-state index is -4.27. The average Bonchev–Trinajstić information content (AvgIpc) is 2.55. The number of hydrogen-bond donors (Lipinski definition) is 1. The van der Waals surface area contributed by atoms with Crippen molar-refractivity contribution in [2.24, 2.45) is 0 Å². The first-order valence-electron chi connectivity index (χ1n) is 7.72. The molecule has 0 radical (unpaired) electrons. The minimum absolute atomic E-state index is 0.0101. The summed E-state index contributed by atoms with van der Waals surface area (Å²) >= 11 is 0. The molecule has 0 aliphatic rings. The summed E-state index contributed by atoms with van der Waals surface area (Å²) in [6, 6.07) is 11.9. The van der Waals surface area contributed by atoms with E-state index in [4.69, 9.17) is 5.11 Å². The fourth-order valence-electron chi connectivity index (χ4n) is 2.22. The van der Waals surface area contributed by atoms with E-state index in [1.165, 1.54) is 24.3 Å². The molecule has 0 aromatic heterocycles. The Labute approximate surface area is 148 Å². The van der Waals surface area contributed by atoms with Gasteiger partial charge in [-0.25, -0.2) is 16.8 Å². The molecule has 0 saturated carbocycles. The number of aliphatic hydroxyl groups is 1. The van der Waals surface area contributed by atoms with Crippen LogP contribution in [-0.4, -0.2) is 38.8 Å². The Hall–Kier alpha value is -1.74. The quantitative estimate of drug-likeness (QED) is 0.790. The molecule has 25 heavy (non-hydrogen) atoms. The van der Waals surface area contributed by atoms with Gasteiger partial charge in [0, 0.05) is 13.2 Å². The minimum Gasteiger partial charge on any atom is -0.396 e. The Morgan fingerprint density at radius 1 is 0.760 bits per heavy atom. The van der Waals surface area contributed by atoms with Gasteiger partial charge in [0.25, 0.3) is 20.0 Å². The Morgan fingerprint density at radius 2 is 1.12 bits per heavy atom. The van der Waals surface area contributed by atoms with Crippen molar-refractivity contribution in [1.82, 2.24) is 3.71 Å². The van der Waals surface area contributed by atoms with Crippen LogP contribution in [0.2, 0.25) is 0 Å². The zero-order valence-electron chi connectivity index (χ0n) is 14.1. The lowest BCUT2D eigenvalue weighted by atomic mass is 10.2. The average molecular weight is 383 g/mol. The van der Waals surface area contributed by atoms with Crippen molar-refractivity contribution in [2.75, 3.05) is 13.2 Å². The monoisotopic (exact) mass is 383 g/mol. The summed E-state index contributed by atoms with van der Waals surface area (Å²) in [5.74, 6) is 0. The first-order valence-corrected chi connectivity index (χ1v) is 10.6. The maximum atomic E-state index is 12.9. The van der Waals surface area contributed by atoms with Gasteiger partial charge < -0.3 is 5.11 Å². The van der Waals surface area contributed by atoms with E-state index in [1.54, 1.807) is 24.3 Å². The maximum Gasteiger partial charge on any atom is 0.256 e. The van der Waals surface area contributed by atoms with Crippen LogP contribution < -0.4 is 0 Å². The molecule has 0 fully saturated rings. The highest BCUT2D eigenvalue weighted by Gasteiger charge is 2.36. The van der Waals surface area contributed by atoms with Crippen LogP contribution in [-0.2, 0) is 20.0 Å². The normalized spacial score (nSPS) is 12.5. The van der Waals surface area contributed by atoms with Crippen molar-refractivity contribution in [3.05, 3.63) is 59.7 Å². The van der Waals surface area contributed by atoms with E-state index in [-0.39, 0.29) is 29.4 Å². The van der Waals surface area contributed by atoms with Gasteiger partial charge in [0.15, 0.2) is 0 Å². The summed E-state index contributed by atoms with van der Waals surface area (Å²) < 4.78 is 52.1. The van der Waals surface area contributed by atoms with E-state index in [0.717, 1.165) is 11.1 Å². The van der Waals surface area contributed by atoms with Crippen molar-refractivity contribution in [3.63, 3.8) is 0 Å². The van der Waals surface area contributed by atoms with Crippen molar-refractivity contribution in [1.29, 1.82) is 0 Å². The van der Waals surface area contributed by atoms with Crippen LogP contribution in [0.5, 0.6) is 0 Å². The van der Waals surface area contributed by atoms with E-state index < -0.39 is 20.0 Å². The van der Waals surface area contributed by atoms with E-state index in [1.807, 2.05) is 13.8 Å². The van der Waals surface area contributed by atoms with Gasteiger partial charge in [0.1, 0.15) is 0 Å². The van der Waals surface area contributed by atoms with Gasteiger partial charge in [-0.1, -0.05) is 39.1 Å². The smallest absolute Gasteiger partial charge is 0.256 e. The van der Waals surface area contributed by atoms with Crippen molar-refractivity contribution >= 4 is 20.0 Å². The van der Waals surface area contributed by atoms with Gasteiger partial charge in [-0.15, -0.1) is 0 Å². The third-order valence-corrected chi connectivity index (χ3v) is 8.02. The molecule has 0 heterocycles. The first kappa shape index (κ1) is 19.6. The fraction of sp³-hybridized carbons (Fsp3) is 0.294. The molecule has 1 N–H and O–H groups in total. The second-order valence-electron chi connectivity index (χ2n) is 5.71. The summed E-state index contributed by atoms with van der Waals surface area (Å²) in [4.78, 5) is -0.210. The lowest BCUT2D eigenvalue weighted by molar-refractivity contribution is 0.282. The lowest BCUT2D eigenvalue weighted by Gasteiger charge is -2.22. The standard InChI is InChI=1S/C17H21NO5S2/c1-14-4-8-16(9-5-14)24(20,21)18(12-3-13-19)25(22,23)17-10-6-15(2)7-11-17/h4-11,19H,3,12-13H2,1-2H3. The topological polar surface area (TPSA) is 91.8 Å². The third kappa shape index (κ3) is 4.27. The Kier molecular flexibility index (Phi) is 5.99. The predicted octanol–water partition coefficient (Wildman–Crippen LogP) is 2.07. The molecule has 2 aromatic rings. The number of sulfonamides is 2. The zero-order valence-corrected chi connectivity index (χ0v) is 15.7. The second kappa shape index (κ2) is 7.65. The van der Waals surface area contributed by atoms with Gasteiger partial charge in [-0.05, 0) is 44.5 Å². The van der Waals surface area contributed by atoms with Crippen molar-refractivity contribution in [2.45, 2.75) is 30.1 Å². The Bertz CT molecular complexity index is 843. The summed E-state index contributed by atoms with van der Waals surface area (Å²) in [6.07, 6.45) is 0.0101. The molecule has 136 valence electrons. The molecule has 2 aromatic carbocycles. The van der Waals surface area contributed by atoms with E-state index in [2.05, 4.69) is 0 Å². The zero-order chi connectivity index (χ0) is 18.7. The highest BCUT2D eigenvalue weighted by molar-refractivity contribution is 8.04. The van der Waals surface area contributed by atoms with Gasteiger partial charge in [0.2, 0.25) is 0 Å². The van der Waals surface area contributed by atoms with Crippen molar-refractivity contribution < 1.29 is 21.9 Å². The molecule has 0 atom stereocenters. The lowest BCUT2D eigenvalue weighted by Crippen LogP contribution is -2.38. The first-order chi connectivity index (χ1) is 11.7. The summed E-state index contributed by atoms with van der Waals surface area (Å²) in [5, 5.41) is 9.04. The van der Waals surface area contributed by atoms with E-state index >= 15 is 0 Å². The summed E-state index contributed by atoms with van der Waals surface area (Å²) in [6.45, 7) is 2.97. The van der Waals surface area contributed by atoms with Gasteiger partial charge in [-0.2, -0.15) is 0 Å². The van der Waals surface area contributed by atoms with Crippen molar-refractivity contribution in [3.8, 4) is 0 Å². The molecule has 0 spiro atoms. The molecule has 0 aliphatic carbocycles. The summed E-state index contributed by atoms with van der Waals surface area (Å²) in [5.41, 5.74) is 1.73. The highest BCUT2D eigenvalue weighted by atomic mass is 32.3. The number of hydrogen-bond acceptors (Lipinski definition) is 5. The van der Waals surface area contributed by atoms with Crippen LogP contribution in [0.3, 0.4) is 0 Å². The van der Waals surface area contributed by atoms with Crippen LogP contribution in [0.25, 0.3) is 0 Å². The largest absolute Gasteiger partial charge is 0.396 e. The molecule has 2 rings (SSSR count). The van der Waals surface area contributed by atoms with E-state index in [9.17, 15) is 16.8 Å². The molecular formula is C17H21NO5S2. The molecule has 0 unspecified atom stereocenters. The summed E-state index contributed by atoms with van der Waals surface area (Å²) in [7, 11) is -8.54. The van der Waals surface area contributed by atoms with Gasteiger partial charge in [0.05, 0.1) is 9.79 Å². The SMILES string of the molecule is Cc1ccc(S(=O)(=O)N(CCCO)S(=O)(=O)c2ccc(C)cc2)cc1.